The van der Waals surface area contributed by atoms with Crippen LogP contribution in [-0.2, 0) is 14.3 Å². The molecule has 1 aromatic heterocycles. The highest BCUT2D eigenvalue weighted by molar-refractivity contribution is 5.85. The van der Waals surface area contributed by atoms with Crippen LogP contribution in [0, 0.1) is 13.8 Å². The van der Waals surface area contributed by atoms with E-state index in [9.17, 15) is 9.59 Å². The Kier molecular flexibility index (Phi) is 6.74. The molecule has 0 unspecified atom stereocenters. The number of methoxy groups -OCH3 is 2. The van der Waals surface area contributed by atoms with Crippen LogP contribution in [0.2, 0.25) is 0 Å². The molecule has 3 aromatic rings. The van der Waals surface area contributed by atoms with Crippen LogP contribution in [-0.4, -0.2) is 40.0 Å². The quantitative estimate of drug-likeness (QED) is 0.412. The molecule has 0 fully saturated rings. The third-order valence-corrected chi connectivity index (χ3v) is 4.53. The van der Waals surface area contributed by atoms with E-state index in [0.717, 1.165) is 11.1 Å². The van der Waals surface area contributed by atoms with Crippen molar-refractivity contribution in [2.45, 2.75) is 13.8 Å². The van der Waals surface area contributed by atoms with Crippen molar-refractivity contribution < 1.29 is 28.2 Å². The summed E-state index contributed by atoms with van der Waals surface area (Å²) in [6.07, 6.45) is 0. The molecule has 0 spiro atoms. The van der Waals surface area contributed by atoms with Gasteiger partial charge in [-0.3, -0.25) is 4.79 Å². The Labute approximate surface area is 174 Å². The van der Waals surface area contributed by atoms with Crippen LogP contribution in [0.25, 0.3) is 22.3 Å². The average molecular weight is 412 g/mol. The first-order valence-electron chi connectivity index (χ1n) is 9.44. The minimum Gasteiger partial charge on any atom is -0.497 e. The fourth-order valence-corrected chi connectivity index (χ4v) is 3.15. The number of fused-ring (bicyclic) bond motifs is 1. The van der Waals surface area contributed by atoms with E-state index in [2.05, 4.69) is 0 Å². The van der Waals surface area contributed by atoms with Crippen molar-refractivity contribution in [3.05, 3.63) is 57.7 Å². The molecule has 0 saturated carbocycles. The van der Waals surface area contributed by atoms with E-state index in [4.69, 9.17) is 23.4 Å². The number of carbonyl (C=O) groups is 1. The summed E-state index contributed by atoms with van der Waals surface area (Å²) in [5.41, 5.74) is 2.48. The number of carbonyl (C=O) groups excluding carboxylic acids is 1. The number of aryl methyl sites for hydroxylation is 2. The Hall–Kier alpha value is -3.32. The summed E-state index contributed by atoms with van der Waals surface area (Å²) in [5.74, 6) is 0.263. The lowest BCUT2D eigenvalue weighted by Crippen LogP contribution is -2.20. The molecule has 1 heterocycles. The maximum Gasteiger partial charge on any atom is 0.344 e. The molecule has 0 atom stereocenters. The highest BCUT2D eigenvalue weighted by Crippen LogP contribution is 2.33. The number of benzene rings is 2. The molecule has 0 aliphatic rings. The second-order valence-electron chi connectivity index (χ2n) is 6.77. The SMILES string of the molecule is COCCOC(=O)COc1c(-c2ccc(OC)cc2)oc2cc(C)cc(C)c2c1=O. The molecular formula is C23H24O7. The third-order valence-electron chi connectivity index (χ3n) is 4.53. The van der Waals surface area contributed by atoms with Crippen LogP contribution in [0.15, 0.2) is 45.6 Å². The maximum absolute atomic E-state index is 13.3. The highest BCUT2D eigenvalue weighted by atomic mass is 16.6. The summed E-state index contributed by atoms with van der Waals surface area (Å²) in [5, 5.41) is 0.417. The van der Waals surface area contributed by atoms with Gasteiger partial charge in [-0.05, 0) is 55.3 Å². The maximum atomic E-state index is 13.3. The van der Waals surface area contributed by atoms with E-state index < -0.39 is 12.6 Å². The molecule has 0 saturated heterocycles. The van der Waals surface area contributed by atoms with Crippen LogP contribution in [0.5, 0.6) is 11.5 Å². The second-order valence-corrected chi connectivity index (χ2v) is 6.77. The van der Waals surface area contributed by atoms with E-state index >= 15 is 0 Å². The van der Waals surface area contributed by atoms with Gasteiger partial charge in [-0.2, -0.15) is 0 Å². The van der Waals surface area contributed by atoms with Gasteiger partial charge in [0.05, 0.1) is 19.1 Å². The van der Waals surface area contributed by atoms with Gasteiger partial charge in [0.15, 0.2) is 12.4 Å². The Balaban J connectivity index is 2.06. The first kappa shape index (κ1) is 21.4. The summed E-state index contributed by atoms with van der Waals surface area (Å²) in [6, 6.07) is 10.7. The molecule has 0 N–H and O–H groups in total. The van der Waals surface area contributed by atoms with Gasteiger partial charge in [-0.25, -0.2) is 4.79 Å². The second kappa shape index (κ2) is 9.45. The largest absolute Gasteiger partial charge is 0.497 e. The Morgan fingerprint density at radius 1 is 1.03 bits per heavy atom. The monoisotopic (exact) mass is 412 g/mol. The van der Waals surface area contributed by atoms with Crippen molar-refractivity contribution in [2.24, 2.45) is 0 Å². The molecule has 7 nitrogen and oxygen atoms in total. The molecule has 0 amide bonds. The van der Waals surface area contributed by atoms with E-state index in [1.165, 1.54) is 7.11 Å². The normalized spacial score (nSPS) is 10.8. The van der Waals surface area contributed by atoms with Crippen LogP contribution in [0.3, 0.4) is 0 Å². The molecule has 0 radical (unpaired) electrons. The first-order chi connectivity index (χ1) is 14.4. The van der Waals surface area contributed by atoms with Gasteiger partial charge in [-0.15, -0.1) is 0 Å². The van der Waals surface area contributed by atoms with Crippen molar-refractivity contribution in [1.29, 1.82) is 0 Å². The fraction of sp³-hybridized carbons (Fsp3) is 0.304. The number of hydrogen-bond donors (Lipinski definition) is 0. The molecule has 2 aromatic carbocycles. The van der Waals surface area contributed by atoms with E-state index in [1.54, 1.807) is 37.4 Å². The van der Waals surface area contributed by atoms with Crippen LogP contribution in [0.4, 0.5) is 0 Å². The zero-order valence-electron chi connectivity index (χ0n) is 17.4. The Morgan fingerprint density at radius 3 is 2.43 bits per heavy atom. The smallest absolute Gasteiger partial charge is 0.344 e. The molecular weight excluding hydrogens is 388 g/mol. The highest BCUT2D eigenvalue weighted by Gasteiger charge is 2.20. The van der Waals surface area contributed by atoms with Gasteiger partial charge in [0.25, 0.3) is 0 Å². The Bertz CT molecular complexity index is 1100. The minimum absolute atomic E-state index is 0.0386. The van der Waals surface area contributed by atoms with Crippen molar-refractivity contribution >= 4 is 16.9 Å². The lowest BCUT2D eigenvalue weighted by Gasteiger charge is -2.13. The lowest BCUT2D eigenvalue weighted by molar-refractivity contribution is -0.147. The average Bonchev–Trinajstić information content (AvgIpc) is 2.72. The molecule has 30 heavy (non-hydrogen) atoms. The number of ether oxygens (including phenoxy) is 4. The standard InChI is InChI=1S/C23H24O7/c1-14-11-15(2)20-18(12-14)30-22(16-5-7-17(27-4)8-6-16)23(21(20)25)29-13-19(24)28-10-9-26-3/h5-8,11-12H,9-10,13H2,1-4H3. The summed E-state index contributed by atoms with van der Waals surface area (Å²) in [6.45, 7) is 3.73. The molecule has 0 bridgehead atoms. The van der Waals surface area contributed by atoms with Gasteiger partial charge in [-0.1, -0.05) is 6.07 Å². The summed E-state index contributed by atoms with van der Waals surface area (Å²) >= 11 is 0. The Morgan fingerprint density at radius 2 is 1.77 bits per heavy atom. The van der Waals surface area contributed by atoms with Gasteiger partial charge in [0, 0.05) is 12.7 Å². The van der Waals surface area contributed by atoms with E-state index in [-0.39, 0.29) is 30.2 Å². The number of hydrogen-bond acceptors (Lipinski definition) is 7. The third kappa shape index (κ3) is 4.63. The zero-order valence-corrected chi connectivity index (χ0v) is 17.4. The van der Waals surface area contributed by atoms with Crippen LogP contribution < -0.4 is 14.9 Å². The van der Waals surface area contributed by atoms with Crippen molar-refractivity contribution in [3.8, 4) is 22.8 Å². The molecule has 3 rings (SSSR count). The van der Waals surface area contributed by atoms with Gasteiger partial charge in [0.1, 0.15) is 17.9 Å². The summed E-state index contributed by atoms with van der Waals surface area (Å²) < 4.78 is 26.7. The molecule has 7 heteroatoms. The van der Waals surface area contributed by atoms with Crippen molar-refractivity contribution in [1.82, 2.24) is 0 Å². The summed E-state index contributed by atoms with van der Waals surface area (Å²) in [7, 11) is 3.08. The molecule has 0 aliphatic heterocycles. The number of esters is 1. The fourth-order valence-electron chi connectivity index (χ4n) is 3.15. The van der Waals surface area contributed by atoms with E-state index in [0.29, 0.717) is 22.3 Å². The lowest BCUT2D eigenvalue weighted by atomic mass is 10.0. The predicted octanol–water partition coefficient (Wildman–Crippen LogP) is 3.65. The summed E-state index contributed by atoms with van der Waals surface area (Å²) in [4.78, 5) is 25.2. The van der Waals surface area contributed by atoms with Gasteiger partial charge < -0.3 is 23.4 Å². The van der Waals surface area contributed by atoms with Crippen molar-refractivity contribution in [2.75, 3.05) is 34.0 Å². The van der Waals surface area contributed by atoms with Gasteiger partial charge >= 0.3 is 5.97 Å². The van der Waals surface area contributed by atoms with Crippen LogP contribution >= 0.6 is 0 Å². The predicted molar refractivity (Wildman–Crippen MR) is 112 cm³/mol. The van der Waals surface area contributed by atoms with Crippen LogP contribution in [0.1, 0.15) is 11.1 Å². The van der Waals surface area contributed by atoms with Gasteiger partial charge in [0.2, 0.25) is 11.2 Å². The minimum atomic E-state index is -0.604. The zero-order chi connectivity index (χ0) is 21.7. The van der Waals surface area contributed by atoms with E-state index in [1.807, 2.05) is 19.9 Å². The molecule has 0 aliphatic carbocycles. The van der Waals surface area contributed by atoms with Crippen molar-refractivity contribution in [3.63, 3.8) is 0 Å². The topological polar surface area (TPSA) is 84.2 Å². The number of rotatable bonds is 8. The first-order valence-corrected chi connectivity index (χ1v) is 9.44. The molecule has 158 valence electrons.